The molecule has 0 bridgehead atoms. The molecule has 3 aromatic rings. The van der Waals surface area contributed by atoms with E-state index in [9.17, 15) is 14.7 Å². The predicted molar refractivity (Wildman–Crippen MR) is 140 cm³/mol. The minimum atomic E-state index is -1.43. The average molecular weight is 527 g/mol. The Morgan fingerprint density at radius 3 is 2.36 bits per heavy atom. The summed E-state index contributed by atoms with van der Waals surface area (Å²) in [4.78, 5) is 42.6. The summed E-state index contributed by atoms with van der Waals surface area (Å²) in [6.45, 7) is 10.3. The van der Waals surface area contributed by atoms with Crippen LogP contribution in [0.2, 0.25) is 4.47 Å². The maximum atomic E-state index is 14.3. The van der Waals surface area contributed by atoms with Gasteiger partial charge in [-0.2, -0.15) is 0 Å². The Bertz CT molecular complexity index is 1240. The number of carbonyl (C=O) groups excluding carboxylic acids is 1. The number of amides is 1. The second-order valence-electron chi connectivity index (χ2n) is 10.8. The lowest BCUT2D eigenvalue weighted by Gasteiger charge is -2.39. The Hall–Kier alpha value is -2.84. The molecule has 190 valence electrons. The monoisotopic (exact) mass is 526 g/mol. The molecule has 0 aliphatic carbocycles. The number of thiazole rings is 1. The van der Waals surface area contributed by atoms with Gasteiger partial charge in [0.05, 0.1) is 11.7 Å². The van der Waals surface area contributed by atoms with Gasteiger partial charge >= 0.3 is 5.97 Å². The number of likely N-dealkylation sites (tertiary alicyclic amines) is 1. The van der Waals surface area contributed by atoms with Crippen LogP contribution in [0, 0.1) is 5.92 Å². The zero-order valence-electron chi connectivity index (χ0n) is 21.1. The normalized spacial score (nSPS) is 22.2. The van der Waals surface area contributed by atoms with Crippen molar-refractivity contribution in [2.75, 3.05) is 0 Å². The molecule has 0 spiro atoms. The highest BCUT2D eigenvalue weighted by Gasteiger charge is 2.60. The fourth-order valence-corrected chi connectivity index (χ4v) is 6.33. The molecule has 36 heavy (non-hydrogen) atoms. The second-order valence-corrected chi connectivity index (χ2v) is 12.5. The van der Waals surface area contributed by atoms with Crippen molar-refractivity contribution in [1.29, 1.82) is 0 Å². The Morgan fingerprint density at radius 2 is 1.86 bits per heavy atom. The SMILES string of the molecule is CC(C)C[C@@]1(C(=O)O)C[C@H](c2cnccn2)[C@H](c2cnc(Cl)s2)N1C(=O)c1ccc(C(C)(C)C)cc1. The molecule has 9 heteroatoms. The van der Waals surface area contributed by atoms with E-state index in [4.69, 9.17) is 11.6 Å². The van der Waals surface area contributed by atoms with Gasteiger partial charge in [-0.1, -0.05) is 58.4 Å². The summed E-state index contributed by atoms with van der Waals surface area (Å²) in [6.07, 6.45) is 6.97. The lowest BCUT2D eigenvalue weighted by atomic mass is 9.82. The largest absolute Gasteiger partial charge is 0.479 e. The van der Waals surface area contributed by atoms with Crippen LogP contribution in [0.15, 0.2) is 49.1 Å². The van der Waals surface area contributed by atoms with E-state index in [1.165, 1.54) is 11.3 Å². The van der Waals surface area contributed by atoms with Gasteiger partial charge in [-0.15, -0.1) is 11.3 Å². The van der Waals surface area contributed by atoms with Crippen molar-refractivity contribution in [3.8, 4) is 0 Å². The van der Waals surface area contributed by atoms with Crippen LogP contribution in [0.4, 0.5) is 0 Å². The van der Waals surface area contributed by atoms with Gasteiger partial charge in [0.15, 0.2) is 4.47 Å². The molecule has 4 rings (SSSR count). The van der Waals surface area contributed by atoms with Crippen molar-refractivity contribution >= 4 is 34.8 Å². The summed E-state index contributed by atoms with van der Waals surface area (Å²) < 4.78 is 0.335. The van der Waals surface area contributed by atoms with E-state index in [0.29, 0.717) is 22.1 Å². The first-order valence-corrected chi connectivity index (χ1v) is 13.2. The summed E-state index contributed by atoms with van der Waals surface area (Å²) in [6, 6.07) is 6.85. The Kier molecular flexibility index (Phi) is 7.21. The third-order valence-electron chi connectivity index (χ3n) is 6.79. The van der Waals surface area contributed by atoms with E-state index in [1.807, 2.05) is 26.0 Å². The van der Waals surface area contributed by atoms with Crippen molar-refractivity contribution in [1.82, 2.24) is 19.9 Å². The van der Waals surface area contributed by atoms with Crippen molar-refractivity contribution in [2.24, 2.45) is 5.92 Å². The standard InChI is InChI=1S/C27H31ClN4O3S/c1-16(2)12-27(24(34)35)13-19(20-14-29-10-11-30-20)22(21-15-31-25(28)36-21)32(27)23(33)17-6-8-18(9-7-17)26(3,4)5/h6-11,14-16,19,22H,12-13H2,1-5H3,(H,34,35)/t19-,22-,27+/m1/s1. The fourth-order valence-electron chi connectivity index (χ4n) is 5.22. The first kappa shape index (κ1) is 26.2. The highest BCUT2D eigenvalue weighted by molar-refractivity contribution is 7.15. The van der Waals surface area contributed by atoms with E-state index in [-0.39, 0.29) is 29.6 Å². The molecule has 1 saturated heterocycles. The summed E-state index contributed by atoms with van der Waals surface area (Å²) in [5.41, 5.74) is 0.668. The van der Waals surface area contributed by atoms with Crippen LogP contribution in [0.5, 0.6) is 0 Å². The quantitative estimate of drug-likeness (QED) is 0.415. The third kappa shape index (κ3) is 4.89. The molecule has 1 aromatic carbocycles. The number of nitrogens with zero attached hydrogens (tertiary/aromatic N) is 4. The highest BCUT2D eigenvalue weighted by Crippen LogP contribution is 2.55. The lowest BCUT2D eigenvalue weighted by Crippen LogP contribution is -2.54. The van der Waals surface area contributed by atoms with Crippen molar-refractivity contribution in [3.05, 3.63) is 75.2 Å². The molecular weight excluding hydrogens is 496 g/mol. The summed E-state index contributed by atoms with van der Waals surface area (Å²) >= 11 is 7.47. The Balaban J connectivity index is 1.91. The van der Waals surface area contributed by atoms with Gasteiger partial charge in [-0.25, -0.2) is 9.78 Å². The van der Waals surface area contributed by atoms with E-state index in [2.05, 4.69) is 35.7 Å². The van der Waals surface area contributed by atoms with Gasteiger partial charge in [-0.3, -0.25) is 14.8 Å². The summed E-state index contributed by atoms with van der Waals surface area (Å²) in [5, 5.41) is 10.7. The molecule has 0 unspecified atom stereocenters. The topological polar surface area (TPSA) is 96.3 Å². The maximum absolute atomic E-state index is 14.3. The Morgan fingerprint density at radius 1 is 1.17 bits per heavy atom. The number of carboxylic acids is 1. The number of aromatic nitrogens is 3. The molecule has 0 radical (unpaired) electrons. The minimum Gasteiger partial charge on any atom is -0.479 e. The van der Waals surface area contributed by atoms with Crippen LogP contribution in [-0.4, -0.2) is 42.4 Å². The van der Waals surface area contributed by atoms with Crippen LogP contribution in [0.25, 0.3) is 0 Å². The fraction of sp³-hybridized carbons (Fsp3) is 0.444. The van der Waals surface area contributed by atoms with E-state index in [0.717, 1.165) is 10.4 Å². The lowest BCUT2D eigenvalue weighted by molar-refractivity contribution is -0.150. The number of hydrogen-bond acceptors (Lipinski definition) is 6. The maximum Gasteiger partial charge on any atom is 0.329 e. The zero-order valence-corrected chi connectivity index (χ0v) is 22.7. The van der Waals surface area contributed by atoms with Gasteiger partial charge in [0, 0.05) is 41.1 Å². The smallest absolute Gasteiger partial charge is 0.329 e. The molecule has 1 fully saturated rings. The van der Waals surface area contributed by atoms with Gasteiger partial charge < -0.3 is 10.0 Å². The van der Waals surface area contributed by atoms with Crippen LogP contribution in [0.3, 0.4) is 0 Å². The number of carbonyl (C=O) groups is 2. The molecule has 1 aliphatic heterocycles. The Labute approximate surface area is 220 Å². The summed E-state index contributed by atoms with van der Waals surface area (Å²) in [5.74, 6) is -1.71. The third-order valence-corrected chi connectivity index (χ3v) is 7.97. The van der Waals surface area contributed by atoms with Crippen molar-refractivity contribution in [3.63, 3.8) is 0 Å². The molecule has 1 aliphatic rings. The van der Waals surface area contributed by atoms with Gasteiger partial charge in [-0.05, 0) is 41.9 Å². The molecule has 3 atom stereocenters. The number of halogens is 1. The second kappa shape index (κ2) is 9.90. The number of rotatable bonds is 6. The van der Waals surface area contributed by atoms with Crippen molar-refractivity contribution < 1.29 is 14.7 Å². The minimum absolute atomic E-state index is 0.0333. The molecule has 1 N–H and O–H groups in total. The number of aliphatic carboxylic acids is 1. The van der Waals surface area contributed by atoms with E-state index < -0.39 is 17.6 Å². The predicted octanol–water partition coefficient (Wildman–Crippen LogP) is 6.12. The van der Waals surface area contributed by atoms with Gasteiger partial charge in [0.25, 0.3) is 5.91 Å². The van der Waals surface area contributed by atoms with E-state index in [1.54, 1.807) is 41.8 Å². The first-order chi connectivity index (χ1) is 16.9. The number of benzene rings is 1. The molecule has 2 aromatic heterocycles. The van der Waals surface area contributed by atoms with Crippen molar-refractivity contribution in [2.45, 2.75) is 70.4 Å². The molecule has 7 nitrogen and oxygen atoms in total. The van der Waals surface area contributed by atoms with Crippen LogP contribution in [0.1, 0.15) is 85.9 Å². The van der Waals surface area contributed by atoms with Crippen LogP contribution < -0.4 is 0 Å². The van der Waals surface area contributed by atoms with Crippen LogP contribution in [-0.2, 0) is 10.2 Å². The molecule has 3 heterocycles. The summed E-state index contributed by atoms with van der Waals surface area (Å²) in [7, 11) is 0. The number of hydrogen-bond donors (Lipinski definition) is 1. The highest BCUT2D eigenvalue weighted by atomic mass is 35.5. The first-order valence-electron chi connectivity index (χ1n) is 12.0. The average Bonchev–Trinajstić information content (AvgIpc) is 3.40. The molecule has 1 amide bonds. The van der Waals surface area contributed by atoms with Gasteiger partial charge in [0.2, 0.25) is 0 Å². The zero-order chi connectivity index (χ0) is 26.3. The molecular formula is C27H31ClN4O3S. The van der Waals surface area contributed by atoms with Gasteiger partial charge in [0.1, 0.15) is 5.54 Å². The van der Waals surface area contributed by atoms with Crippen LogP contribution >= 0.6 is 22.9 Å². The van der Waals surface area contributed by atoms with E-state index >= 15 is 0 Å². The number of carboxylic acid groups (broad SMARTS) is 1. The molecule has 0 saturated carbocycles.